The van der Waals surface area contributed by atoms with Gasteiger partial charge >= 0.3 is 18.3 Å². The van der Waals surface area contributed by atoms with E-state index >= 15 is 0 Å². The van der Waals surface area contributed by atoms with E-state index in [2.05, 4.69) is 27.5 Å². The van der Waals surface area contributed by atoms with E-state index < -0.39 is 29.8 Å². The van der Waals surface area contributed by atoms with Gasteiger partial charge in [0.25, 0.3) is 5.91 Å². The van der Waals surface area contributed by atoms with E-state index in [9.17, 15) is 27.6 Å². The Morgan fingerprint density at radius 3 is 2.40 bits per heavy atom. The van der Waals surface area contributed by atoms with Crippen LogP contribution < -0.4 is 10.6 Å². The number of alkyl halides is 3. The lowest BCUT2D eigenvalue weighted by molar-refractivity contribution is -0.142. The number of rotatable bonds is 7. The second-order valence-electron chi connectivity index (χ2n) is 13.7. The number of hydrogen-bond acceptors (Lipinski definition) is 8. The van der Waals surface area contributed by atoms with Crippen LogP contribution in [0, 0.1) is 0 Å². The first-order valence-corrected chi connectivity index (χ1v) is 18.6. The Bertz CT molecular complexity index is 1540. The van der Waals surface area contributed by atoms with E-state index in [-0.39, 0.29) is 34.8 Å². The topological polar surface area (TPSA) is 101 Å². The number of thiophene rings is 1. The standard InChI is InChI=1S/C34H45ClF3N7O4S/c1-39-30-26(34(36,37)38)16-22(17-27(30)35)18-29(31(46)43-10-4-24(5-11-43)42-9-3-8-41(2)14-15-42)49-33(48)44-12-6-25(7-13-44)45-19-23-20-50-21-28(23)40-32(45)47/h16-17,20-21,24-25,29,39H,3-15,18-19H2,1-2H3,(H,40,47)/t29-/m1/s1. The number of anilines is 2. The van der Waals surface area contributed by atoms with Crippen LogP contribution >= 0.6 is 22.9 Å². The van der Waals surface area contributed by atoms with Crippen molar-refractivity contribution in [3.05, 3.63) is 44.6 Å². The van der Waals surface area contributed by atoms with Gasteiger partial charge in [-0.1, -0.05) is 11.6 Å². The number of urea groups is 1. The number of likely N-dealkylation sites (N-methyl/N-ethyl adjacent to an activating group) is 1. The maximum Gasteiger partial charge on any atom is 0.418 e. The summed E-state index contributed by atoms with van der Waals surface area (Å²) in [5.74, 6) is -0.429. The molecule has 1 atom stereocenters. The van der Waals surface area contributed by atoms with E-state index in [4.69, 9.17) is 16.3 Å². The number of nitrogens with zero attached hydrogens (tertiary/aromatic N) is 5. The van der Waals surface area contributed by atoms with E-state index in [1.165, 1.54) is 29.4 Å². The molecule has 0 bridgehead atoms. The summed E-state index contributed by atoms with van der Waals surface area (Å²) in [6, 6.07) is 2.43. The van der Waals surface area contributed by atoms with Gasteiger partial charge in [-0.3, -0.25) is 9.69 Å². The SMILES string of the molecule is CNc1c(Cl)cc(C[C@@H](OC(=O)N2CCC(N3Cc4cscc4NC3=O)CC2)C(=O)N2CCC(N3CCCN(C)CC3)CC2)cc1C(F)(F)F. The number of carbonyl (C=O) groups is 3. The van der Waals surface area contributed by atoms with Crippen molar-refractivity contribution in [1.29, 1.82) is 0 Å². The fourth-order valence-corrected chi connectivity index (χ4v) is 8.70. The number of fused-ring (bicyclic) bond motifs is 1. The van der Waals surface area contributed by atoms with Crippen LogP contribution in [0.25, 0.3) is 0 Å². The Labute approximate surface area is 299 Å². The number of amides is 4. The van der Waals surface area contributed by atoms with Crippen LogP contribution in [0.2, 0.25) is 5.02 Å². The molecular weight excluding hydrogens is 695 g/mol. The molecule has 2 N–H and O–H groups in total. The largest absolute Gasteiger partial charge is 0.436 e. The molecule has 6 rings (SSSR count). The van der Waals surface area contributed by atoms with Gasteiger partial charge in [0.05, 0.1) is 28.5 Å². The van der Waals surface area contributed by atoms with Gasteiger partial charge in [-0.25, -0.2) is 9.59 Å². The third-order valence-corrected chi connectivity index (χ3v) is 11.5. The van der Waals surface area contributed by atoms with Gasteiger partial charge in [0, 0.05) is 75.8 Å². The molecule has 2 aromatic rings. The second-order valence-corrected chi connectivity index (χ2v) is 14.8. The van der Waals surface area contributed by atoms with E-state index in [1.807, 2.05) is 10.8 Å². The molecule has 0 unspecified atom stereocenters. The minimum Gasteiger partial charge on any atom is -0.436 e. The molecule has 0 spiro atoms. The third kappa shape index (κ3) is 8.27. The summed E-state index contributed by atoms with van der Waals surface area (Å²) in [6.07, 6.45) is -3.34. The summed E-state index contributed by atoms with van der Waals surface area (Å²) in [5, 5.41) is 9.22. The molecule has 0 radical (unpaired) electrons. The van der Waals surface area contributed by atoms with E-state index in [1.54, 1.807) is 9.80 Å². The van der Waals surface area contributed by atoms with Crippen LogP contribution in [-0.2, 0) is 28.7 Å². The molecule has 5 heterocycles. The van der Waals surface area contributed by atoms with Crippen LogP contribution in [0.3, 0.4) is 0 Å². The number of carbonyl (C=O) groups excluding carboxylic acids is 3. The Morgan fingerprint density at radius 1 is 1.00 bits per heavy atom. The molecule has 4 aliphatic heterocycles. The Balaban J connectivity index is 1.14. The summed E-state index contributed by atoms with van der Waals surface area (Å²) in [6.45, 7) is 6.05. The molecule has 0 saturated carbocycles. The molecule has 50 heavy (non-hydrogen) atoms. The summed E-state index contributed by atoms with van der Waals surface area (Å²) >= 11 is 7.82. The number of piperidine rings is 2. The highest BCUT2D eigenvalue weighted by atomic mass is 35.5. The lowest BCUT2D eigenvalue weighted by atomic mass is 9.99. The van der Waals surface area contributed by atoms with Crippen molar-refractivity contribution in [2.45, 2.75) is 69.4 Å². The molecule has 0 aliphatic carbocycles. The molecule has 1 aromatic carbocycles. The minimum absolute atomic E-state index is 0.0796. The Kier molecular flexibility index (Phi) is 11.4. The van der Waals surface area contributed by atoms with Crippen LogP contribution in [0.5, 0.6) is 0 Å². The van der Waals surface area contributed by atoms with Gasteiger partial charge in [0.15, 0.2) is 6.10 Å². The zero-order chi connectivity index (χ0) is 35.6. The predicted octanol–water partition coefficient (Wildman–Crippen LogP) is 5.65. The predicted molar refractivity (Wildman–Crippen MR) is 187 cm³/mol. The lowest BCUT2D eigenvalue weighted by Gasteiger charge is -2.40. The first-order valence-electron chi connectivity index (χ1n) is 17.3. The molecular formula is C34H45ClF3N7O4S. The first-order chi connectivity index (χ1) is 23.9. The van der Waals surface area contributed by atoms with Gasteiger partial charge in [-0.2, -0.15) is 13.2 Å². The van der Waals surface area contributed by atoms with Crippen molar-refractivity contribution < 1.29 is 32.3 Å². The molecule has 11 nitrogen and oxygen atoms in total. The van der Waals surface area contributed by atoms with Crippen molar-refractivity contribution in [2.75, 3.05) is 77.1 Å². The highest BCUT2D eigenvalue weighted by Crippen LogP contribution is 2.40. The molecule has 4 aliphatic rings. The average Bonchev–Trinajstić information content (AvgIpc) is 3.44. The Morgan fingerprint density at radius 2 is 1.70 bits per heavy atom. The highest BCUT2D eigenvalue weighted by Gasteiger charge is 2.39. The Hall–Kier alpha value is -3.27. The fraction of sp³-hybridized carbons (Fsp3) is 0.618. The number of nitrogens with one attached hydrogen (secondary N) is 2. The highest BCUT2D eigenvalue weighted by molar-refractivity contribution is 7.08. The van der Waals surface area contributed by atoms with Gasteiger partial charge in [0.1, 0.15) is 0 Å². The van der Waals surface area contributed by atoms with E-state index in [0.29, 0.717) is 51.6 Å². The monoisotopic (exact) mass is 739 g/mol. The molecule has 3 fully saturated rings. The molecule has 4 amide bonds. The fourth-order valence-electron chi connectivity index (χ4n) is 7.59. The van der Waals surface area contributed by atoms with Gasteiger partial charge in [-0.05, 0) is 75.3 Å². The summed E-state index contributed by atoms with van der Waals surface area (Å²) in [7, 11) is 3.48. The number of likely N-dealkylation sites (tertiary alicyclic amines) is 2. The van der Waals surface area contributed by atoms with Crippen LogP contribution in [0.15, 0.2) is 22.9 Å². The quantitative estimate of drug-likeness (QED) is 0.379. The second kappa shape index (κ2) is 15.5. The zero-order valence-electron chi connectivity index (χ0n) is 28.4. The molecule has 16 heteroatoms. The van der Waals surface area contributed by atoms with Gasteiger partial charge in [0.2, 0.25) is 0 Å². The number of benzene rings is 1. The number of halogens is 4. The lowest BCUT2D eigenvalue weighted by Crippen LogP contribution is -2.53. The molecule has 274 valence electrons. The van der Waals surface area contributed by atoms with Crippen molar-refractivity contribution >= 4 is 52.3 Å². The maximum atomic E-state index is 14.1. The third-order valence-electron chi connectivity index (χ3n) is 10.4. The van der Waals surface area contributed by atoms with Crippen LogP contribution in [0.4, 0.5) is 34.1 Å². The minimum atomic E-state index is -4.70. The van der Waals surface area contributed by atoms with Crippen LogP contribution in [-0.4, -0.2) is 127 Å². The van der Waals surface area contributed by atoms with Crippen molar-refractivity contribution in [2.24, 2.45) is 0 Å². The first kappa shape index (κ1) is 36.5. The number of hydrogen-bond donors (Lipinski definition) is 2. The van der Waals surface area contributed by atoms with Crippen LogP contribution in [0.1, 0.15) is 48.8 Å². The summed E-state index contributed by atoms with van der Waals surface area (Å²) in [4.78, 5) is 50.2. The van der Waals surface area contributed by atoms with Crippen molar-refractivity contribution in [3.63, 3.8) is 0 Å². The summed E-state index contributed by atoms with van der Waals surface area (Å²) < 4.78 is 47.9. The van der Waals surface area contributed by atoms with Crippen molar-refractivity contribution in [1.82, 2.24) is 24.5 Å². The zero-order valence-corrected chi connectivity index (χ0v) is 30.0. The van der Waals surface area contributed by atoms with Gasteiger partial charge in [-0.15, -0.1) is 11.3 Å². The normalized spacial score (nSPS) is 21.0. The number of ether oxygens (including phenoxy) is 1. The van der Waals surface area contributed by atoms with Gasteiger partial charge < -0.3 is 35.0 Å². The molecule has 3 saturated heterocycles. The average molecular weight is 740 g/mol. The van der Waals surface area contributed by atoms with E-state index in [0.717, 1.165) is 62.8 Å². The maximum absolute atomic E-state index is 14.1. The smallest absolute Gasteiger partial charge is 0.418 e. The molecule has 1 aromatic heterocycles. The van der Waals surface area contributed by atoms with Crippen molar-refractivity contribution in [3.8, 4) is 0 Å². The summed E-state index contributed by atoms with van der Waals surface area (Å²) in [5.41, 5.74) is 0.805.